The van der Waals surface area contributed by atoms with Gasteiger partial charge in [0.1, 0.15) is 5.56 Å². The van der Waals surface area contributed by atoms with Crippen LogP contribution < -0.4 is 42.9 Å². The van der Waals surface area contributed by atoms with Crippen LogP contribution in [-0.4, -0.2) is 52.1 Å². The van der Waals surface area contributed by atoms with Gasteiger partial charge in [-0.1, -0.05) is 6.07 Å². The van der Waals surface area contributed by atoms with Crippen molar-refractivity contribution >= 4 is 5.97 Å². The lowest BCUT2D eigenvalue weighted by atomic mass is 9.84. The first-order valence-electron chi connectivity index (χ1n) is 9.65. The van der Waals surface area contributed by atoms with Crippen LogP contribution in [0.5, 0.6) is 23.0 Å². The first-order chi connectivity index (χ1) is 13.9. The number of halogens is 1. The predicted octanol–water partition coefficient (Wildman–Crippen LogP) is 0.0218. The molecule has 0 N–H and O–H groups in total. The number of hydrogen-bond donors (Lipinski definition) is 0. The molecule has 160 valence electrons. The van der Waals surface area contributed by atoms with E-state index in [1.54, 1.807) is 7.11 Å². The summed E-state index contributed by atoms with van der Waals surface area (Å²) in [6, 6.07) is 7.78. The number of likely N-dealkylation sites (N-methyl/N-ethyl adjacent to an activating group) is 1. The van der Waals surface area contributed by atoms with Crippen LogP contribution in [0.2, 0.25) is 0 Å². The van der Waals surface area contributed by atoms with Crippen LogP contribution in [0.4, 0.5) is 0 Å². The van der Waals surface area contributed by atoms with Crippen molar-refractivity contribution in [1.82, 2.24) is 0 Å². The number of carbonyl (C=O) groups is 1. The number of methoxy groups -OCH3 is 2. The van der Waals surface area contributed by atoms with Gasteiger partial charge in [0, 0.05) is 17.5 Å². The van der Waals surface area contributed by atoms with Crippen molar-refractivity contribution in [2.45, 2.75) is 18.6 Å². The van der Waals surface area contributed by atoms with E-state index >= 15 is 0 Å². The standard InChI is InChI=1S/C22H24NO6.HI/c1-23(2)8-7-12-9-16-17(28-11-27-16)10-14(12)19(23)20-13-5-6-15(25-3)21(26-4)18(13)22(24)29-20;/h5-6,9-10,19-20H,7-8,11H2,1-4H3;1H/q+1;/p-1/t19-,20+;/m1./s1. The molecule has 0 unspecified atom stereocenters. The SMILES string of the molecule is COc1ccc2c(c1OC)C(=O)O[C@@H]2[C@H]1c2cc3c(cc2CC[N+]1(C)C)OCO3.[I-]. The Bertz CT molecular complexity index is 1020. The molecule has 0 amide bonds. The number of rotatable bonds is 3. The van der Waals surface area contributed by atoms with Gasteiger partial charge in [0.05, 0.1) is 34.9 Å². The van der Waals surface area contributed by atoms with Crippen LogP contribution in [0.25, 0.3) is 0 Å². The van der Waals surface area contributed by atoms with E-state index in [2.05, 4.69) is 20.2 Å². The summed E-state index contributed by atoms with van der Waals surface area (Å²) in [7, 11) is 7.44. The summed E-state index contributed by atoms with van der Waals surface area (Å²) in [5.74, 6) is 2.08. The van der Waals surface area contributed by atoms with Gasteiger partial charge in [-0.2, -0.15) is 0 Å². The van der Waals surface area contributed by atoms with Gasteiger partial charge in [-0.05, 0) is 23.8 Å². The highest BCUT2D eigenvalue weighted by Crippen LogP contribution is 2.52. The van der Waals surface area contributed by atoms with Crippen LogP contribution in [-0.2, 0) is 11.2 Å². The smallest absolute Gasteiger partial charge is 0.343 e. The summed E-state index contributed by atoms with van der Waals surface area (Å²) in [5.41, 5.74) is 3.62. The van der Waals surface area contributed by atoms with Gasteiger partial charge in [-0.15, -0.1) is 0 Å². The number of ether oxygens (including phenoxy) is 5. The average molecular weight is 525 g/mol. The molecule has 30 heavy (non-hydrogen) atoms. The van der Waals surface area contributed by atoms with Gasteiger partial charge in [-0.3, -0.25) is 0 Å². The predicted molar refractivity (Wildman–Crippen MR) is 104 cm³/mol. The number of carbonyl (C=O) groups excluding carboxylic acids is 1. The molecule has 0 saturated carbocycles. The maximum Gasteiger partial charge on any atom is 0.343 e. The third-order valence-electron chi connectivity index (χ3n) is 6.27. The van der Waals surface area contributed by atoms with Gasteiger partial charge in [0.2, 0.25) is 6.79 Å². The normalized spacial score (nSPS) is 22.5. The second kappa shape index (κ2) is 7.49. The van der Waals surface area contributed by atoms with E-state index in [0.29, 0.717) is 21.5 Å². The molecule has 0 fully saturated rings. The Morgan fingerprint density at radius 3 is 2.47 bits per heavy atom. The molecule has 3 heterocycles. The molecule has 3 aliphatic rings. The Labute approximate surface area is 192 Å². The summed E-state index contributed by atoms with van der Waals surface area (Å²) in [6.07, 6.45) is 0.501. The highest BCUT2D eigenvalue weighted by Gasteiger charge is 2.50. The van der Waals surface area contributed by atoms with Crippen molar-refractivity contribution in [3.63, 3.8) is 0 Å². The van der Waals surface area contributed by atoms with Crippen molar-refractivity contribution in [1.29, 1.82) is 0 Å². The Hall–Kier alpha value is -2.20. The molecule has 0 saturated heterocycles. The zero-order valence-corrected chi connectivity index (χ0v) is 19.5. The van der Waals surface area contributed by atoms with Crippen LogP contribution in [0, 0.1) is 0 Å². The van der Waals surface area contributed by atoms with Crippen LogP contribution in [0.1, 0.15) is 39.2 Å². The lowest BCUT2D eigenvalue weighted by molar-refractivity contribution is -0.927. The van der Waals surface area contributed by atoms with E-state index in [0.717, 1.165) is 35.6 Å². The molecule has 8 heteroatoms. The molecule has 2 aromatic carbocycles. The fraction of sp³-hybridized carbons (Fsp3) is 0.409. The molecule has 0 spiro atoms. The summed E-state index contributed by atoms with van der Waals surface area (Å²) >= 11 is 0. The summed E-state index contributed by atoms with van der Waals surface area (Å²) in [6.45, 7) is 1.16. The summed E-state index contributed by atoms with van der Waals surface area (Å²) in [4.78, 5) is 12.9. The number of hydrogen-bond acceptors (Lipinski definition) is 6. The topological polar surface area (TPSA) is 63.2 Å². The largest absolute Gasteiger partial charge is 1.00 e. The quantitative estimate of drug-likeness (QED) is 0.320. The minimum absolute atomic E-state index is 0. The minimum Gasteiger partial charge on any atom is -1.00 e. The maximum absolute atomic E-state index is 12.9. The minimum atomic E-state index is -0.424. The molecule has 0 radical (unpaired) electrons. The fourth-order valence-corrected chi connectivity index (χ4v) is 4.81. The Morgan fingerprint density at radius 1 is 1.03 bits per heavy atom. The average Bonchev–Trinajstić information content (AvgIpc) is 3.29. The van der Waals surface area contributed by atoms with Gasteiger partial charge < -0.3 is 52.1 Å². The second-order valence-corrected chi connectivity index (χ2v) is 8.19. The van der Waals surface area contributed by atoms with Crippen molar-refractivity contribution in [2.24, 2.45) is 0 Å². The molecule has 2 aromatic rings. The molecule has 3 aliphatic heterocycles. The van der Waals surface area contributed by atoms with E-state index in [1.807, 2.05) is 18.2 Å². The maximum atomic E-state index is 12.9. The molecule has 5 rings (SSSR count). The molecule has 0 aliphatic carbocycles. The van der Waals surface area contributed by atoms with Gasteiger partial charge in [-0.25, -0.2) is 4.79 Å². The van der Waals surface area contributed by atoms with E-state index in [1.165, 1.54) is 12.7 Å². The van der Waals surface area contributed by atoms with E-state index in [4.69, 9.17) is 23.7 Å². The first kappa shape index (κ1) is 21.0. The third-order valence-corrected chi connectivity index (χ3v) is 6.27. The number of nitrogens with zero attached hydrogens (tertiary/aromatic N) is 1. The van der Waals surface area contributed by atoms with Gasteiger partial charge in [0.25, 0.3) is 0 Å². The summed E-state index contributed by atoms with van der Waals surface area (Å²) < 4.78 is 28.7. The van der Waals surface area contributed by atoms with Gasteiger partial charge >= 0.3 is 5.97 Å². The molecular formula is C22H24INO6. The monoisotopic (exact) mass is 525 g/mol. The number of esters is 1. The number of fused-ring (bicyclic) bond motifs is 3. The first-order valence-corrected chi connectivity index (χ1v) is 9.65. The Balaban J connectivity index is 0.00000218. The molecule has 7 nitrogen and oxygen atoms in total. The lowest BCUT2D eigenvalue weighted by Crippen LogP contribution is -3.00. The number of cyclic esters (lactones) is 1. The highest BCUT2D eigenvalue weighted by molar-refractivity contribution is 5.98. The van der Waals surface area contributed by atoms with E-state index < -0.39 is 6.10 Å². The van der Waals surface area contributed by atoms with Gasteiger partial charge in [0.15, 0.2) is 35.1 Å². The Morgan fingerprint density at radius 2 is 1.77 bits per heavy atom. The molecule has 2 atom stereocenters. The van der Waals surface area contributed by atoms with Crippen molar-refractivity contribution in [2.75, 3.05) is 41.7 Å². The summed E-state index contributed by atoms with van der Waals surface area (Å²) in [5, 5.41) is 0. The van der Waals surface area contributed by atoms with Crippen molar-refractivity contribution < 1.29 is 56.9 Å². The third kappa shape index (κ3) is 2.99. The van der Waals surface area contributed by atoms with Crippen molar-refractivity contribution in [3.8, 4) is 23.0 Å². The second-order valence-electron chi connectivity index (χ2n) is 8.19. The van der Waals surface area contributed by atoms with Crippen LogP contribution >= 0.6 is 0 Å². The van der Waals surface area contributed by atoms with E-state index in [-0.39, 0.29) is 42.8 Å². The van der Waals surface area contributed by atoms with Crippen molar-refractivity contribution in [3.05, 3.63) is 46.5 Å². The molecule has 0 aromatic heterocycles. The zero-order chi connectivity index (χ0) is 20.3. The van der Waals surface area contributed by atoms with Crippen LogP contribution in [0.15, 0.2) is 24.3 Å². The molecular weight excluding hydrogens is 501 g/mol. The van der Waals surface area contributed by atoms with Crippen LogP contribution in [0.3, 0.4) is 0 Å². The lowest BCUT2D eigenvalue weighted by Gasteiger charge is -2.44. The highest BCUT2D eigenvalue weighted by atomic mass is 127. The van der Waals surface area contributed by atoms with E-state index in [9.17, 15) is 4.79 Å². The Kier molecular flexibility index (Phi) is 5.26. The molecule has 0 bridgehead atoms. The fourth-order valence-electron chi connectivity index (χ4n) is 4.81. The zero-order valence-electron chi connectivity index (χ0n) is 17.4. The number of benzene rings is 2. The number of quaternary nitrogens is 1.